The molecule has 2 N–H and O–H groups in total. The van der Waals surface area contributed by atoms with Gasteiger partial charge in [0.1, 0.15) is 5.82 Å². The fraction of sp³-hybridized carbons (Fsp3) is 0.250. The number of benzene rings is 3. The van der Waals surface area contributed by atoms with Gasteiger partial charge in [-0.05, 0) is 68.1 Å². The summed E-state index contributed by atoms with van der Waals surface area (Å²) in [4.78, 5) is 27.6. The van der Waals surface area contributed by atoms with Crippen LogP contribution in [0.15, 0.2) is 83.2 Å². The topological polar surface area (TPSA) is 76.7 Å². The summed E-state index contributed by atoms with van der Waals surface area (Å²) in [6.07, 6.45) is 0.674. The zero-order valence-electron chi connectivity index (χ0n) is 22.7. The number of anilines is 1. The number of ether oxygens (including phenoxy) is 2. The number of hydrogen-bond acceptors (Lipinski definition) is 5. The number of ketones is 1. The van der Waals surface area contributed by atoms with Gasteiger partial charge >= 0.3 is 0 Å². The molecular weight excluding hydrogens is 531 g/mol. The quantitative estimate of drug-likeness (QED) is 0.346. The van der Waals surface area contributed by atoms with Gasteiger partial charge in [0.15, 0.2) is 17.3 Å². The highest BCUT2D eigenvalue weighted by Gasteiger charge is 2.42. The van der Waals surface area contributed by atoms with Gasteiger partial charge in [-0.2, -0.15) is 0 Å². The first kappa shape index (κ1) is 27.5. The van der Waals surface area contributed by atoms with E-state index in [0.29, 0.717) is 40.6 Å². The van der Waals surface area contributed by atoms with Gasteiger partial charge in [-0.25, -0.2) is 4.39 Å². The fourth-order valence-corrected chi connectivity index (χ4v) is 5.87. The number of aryl methyl sites for hydroxylation is 1. The Balaban J connectivity index is 1.58. The number of Topliss-reactive ketones (excluding diaryl/α,β-unsaturated/α-hetero) is 1. The molecule has 1 aliphatic heterocycles. The van der Waals surface area contributed by atoms with E-state index in [1.807, 2.05) is 37.3 Å². The zero-order chi connectivity index (χ0) is 28.6. The van der Waals surface area contributed by atoms with Crippen molar-refractivity contribution >= 4 is 29.0 Å². The Bertz CT molecular complexity index is 1540. The van der Waals surface area contributed by atoms with Crippen LogP contribution in [0.1, 0.15) is 48.3 Å². The molecule has 0 spiro atoms. The molecule has 0 saturated carbocycles. The predicted molar refractivity (Wildman–Crippen MR) is 153 cm³/mol. The molecule has 3 aromatic carbocycles. The second-order valence-corrected chi connectivity index (χ2v) is 10.5. The van der Waals surface area contributed by atoms with Crippen molar-refractivity contribution in [3.05, 3.63) is 111 Å². The molecular formula is C32H30ClFN2O4. The number of methoxy groups -OCH3 is 2. The first-order valence-corrected chi connectivity index (χ1v) is 13.4. The Morgan fingerprint density at radius 3 is 2.40 bits per heavy atom. The minimum absolute atomic E-state index is 0.115. The average Bonchev–Trinajstić information content (AvgIpc) is 2.93. The summed E-state index contributed by atoms with van der Waals surface area (Å²) >= 11 is 6.55. The molecule has 6 nitrogen and oxygen atoms in total. The highest BCUT2D eigenvalue weighted by Crippen LogP contribution is 2.48. The first-order valence-electron chi connectivity index (χ1n) is 13.0. The van der Waals surface area contributed by atoms with Crippen molar-refractivity contribution in [1.82, 2.24) is 5.32 Å². The summed E-state index contributed by atoms with van der Waals surface area (Å²) in [5.41, 5.74) is 4.49. The van der Waals surface area contributed by atoms with Crippen molar-refractivity contribution in [1.29, 1.82) is 0 Å². The van der Waals surface area contributed by atoms with E-state index < -0.39 is 17.6 Å². The number of hydrogen-bond donors (Lipinski definition) is 2. The third-order valence-electron chi connectivity index (χ3n) is 7.55. The number of rotatable bonds is 6. The summed E-state index contributed by atoms with van der Waals surface area (Å²) in [5, 5.41) is 6.39. The van der Waals surface area contributed by atoms with Crippen molar-refractivity contribution in [2.45, 2.75) is 38.5 Å². The molecule has 2 unspecified atom stereocenters. The molecule has 0 radical (unpaired) electrons. The van der Waals surface area contributed by atoms with Gasteiger partial charge in [0, 0.05) is 45.2 Å². The minimum Gasteiger partial charge on any atom is -0.493 e. The lowest BCUT2D eigenvalue weighted by atomic mass is 9.71. The van der Waals surface area contributed by atoms with E-state index in [2.05, 4.69) is 10.6 Å². The number of nitrogens with one attached hydrogen (secondary N) is 2. The maximum Gasteiger partial charge on any atom is 0.254 e. The molecule has 0 fully saturated rings. The van der Waals surface area contributed by atoms with Crippen molar-refractivity contribution in [2.75, 3.05) is 19.5 Å². The molecule has 1 amide bonds. The van der Waals surface area contributed by atoms with Crippen LogP contribution in [0.4, 0.5) is 10.1 Å². The molecule has 2 atom stereocenters. The fourth-order valence-electron chi connectivity index (χ4n) is 5.59. The summed E-state index contributed by atoms with van der Waals surface area (Å²) in [5.74, 6) is -1.12. The molecule has 3 aromatic rings. The summed E-state index contributed by atoms with van der Waals surface area (Å²) in [6.45, 7) is 3.72. The molecule has 0 saturated heterocycles. The van der Waals surface area contributed by atoms with Crippen LogP contribution in [0.5, 0.6) is 11.5 Å². The molecule has 1 heterocycles. The lowest BCUT2D eigenvalue weighted by molar-refractivity contribution is -0.116. The van der Waals surface area contributed by atoms with Crippen LogP contribution in [0.3, 0.4) is 0 Å². The monoisotopic (exact) mass is 560 g/mol. The van der Waals surface area contributed by atoms with E-state index in [0.717, 1.165) is 11.1 Å². The number of halogens is 2. The Morgan fingerprint density at radius 2 is 1.73 bits per heavy atom. The molecule has 2 aliphatic rings. The Morgan fingerprint density at radius 1 is 1.00 bits per heavy atom. The molecule has 5 rings (SSSR count). The van der Waals surface area contributed by atoms with Crippen LogP contribution in [0.25, 0.3) is 0 Å². The summed E-state index contributed by atoms with van der Waals surface area (Å²) < 4.78 is 26.3. The molecule has 0 aromatic heterocycles. The first-order chi connectivity index (χ1) is 19.2. The van der Waals surface area contributed by atoms with Crippen molar-refractivity contribution in [3.63, 3.8) is 0 Å². The van der Waals surface area contributed by atoms with Crippen molar-refractivity contribution in [2.24, 2.45) is 0 Å². The zero-order valence-corrected chi connectivity index (χ0v) is 23.5. The predicted octanol–water partition coefficient (Wildman–Crippen LogP) is 6.81. The molecule has 8 heteroatoms. The SMILES string of the molecule is COc1ccc(C2CC(=O)C3=C(C2)NC(C)=C(C(=O)Nc2ccc(C)cc2)C3c2c(F)cccc2Cl)cc1OC. The summed E-state index contributed by atoms with van der Waals surface area (Å²) in [7, 11) is 3.14. The van der Waals surface area contributed by atoms with Gasteiger partial charge in [-0.3, -0.25) is 9.59 Å². The molecule has 206 valence electrons. The second-order valence-electron chi connectivity index (χ2n) is 10.1. The van der Waals surface area contributed by atoms with E-state index in [-0.39, 0.29) is 34.3 Å². The Labute approximate surface area is 237 Å². The highest BCUT2D eigenvalue weighted by atomic mass is 35.5. The lowest BCUT2D eigenvalue weighted by Gasteiger charge is -2.37. The van der Waals surface area contributed by atoms with Crippen molar-refractivity contribution < 1.29 is 23.5 Å². The maximum atomic E-state index is 15.4. The van der Waals surface area contributed by atoms with Crippen LogP contribution >= 0.6 is 11.6 Å². The Kier molecular flexibility index (Phi) is 7.68. The van der Waals surface area contributed by atoms with Gasteiger partial charge < -0.3 is 20.1 Å². The minimum atomic E-state index is -0.964. The second kappa shape index (κ2) is 11.2. The van der Waals surface area contributed by atoms with Gasteiger partial charge in [0.25, 0.3) is 5.91 Å². The van der Waals surface area contributed by atoms with Crippen LogP contribution in [-0.2, 0) is 9.59 Å². The van der Waals surface area contributed by atoms with Crippen molar-refractivity contribution in [3.8, 4) is 11.5 Å². The third kappa shape index (κ3) is 5.09. The maximum absolute atomic E-state index is 15.4. The normalized spacial score (nSPS) is 18.7. The number of carbonyl (C=O) groups is 2. The lowest BCUT2D eigenvalue weighted by Crippen LogP contribution is -2.37. The third-order valence-corrected chi connectivity index (χ3v) is 7.88. The highest BCUT2D eigenvalue weighted by molar-refractivity contribution is 6.31. The molecule has 1 aliphatic carbocycles. The number of amides is 1. The van der Waals surface area contributed by atoms with E-state index >= 15 is 4.39 Å². The van der Waals surface area contributed by atoms with E-state index in [1.54, 1.807) is 39.3 Å². The standard InChI is InChI=1S/C32H30ClFN2O4/c1-17-8-11-21(12-9-17)36-32(38)28-18(2)35-24-14-20(19-10-13-26(39-3)27(16-19)40-4)15-25(37)30(24)31(28)29-22(33)6-5-7-23(29)34/h5-13,16,20,31,35H,14-15H2,1-4H3,(H,36,38). The van der Waals surface area contributed by atoms with Crippen LogP contribution < -0.4 is 20.1 Å². The van der Waals surface area contributed by atoms with Crippen LogP contribution in [0, 0.1) is 12.7 Å². The van der Waals surface area contributed by atoms with E-state index in [4.69, 9.17) is 21.1 Å². The van der Waals surface area contributed by atoms with Crippen LogP contribution in [-0.4, -0.2) is 25.9 Å². The van der Waals surface area contributed by atoms with Gasteiger partial charge in [0.2, 0.25) is 0 Å². The van der Waals surface area contributed by atoms with Gasteiger partial charge in [-0.15, -0.1) is 0 Å². The van der Waals surface area contributed by atoms with Crippen LogP contribution in [0.2, 0.25) is 5.02 Å². The van der Waals surface area contributed by atoms with E-state index in [9.17, 15) is 9.59 Å². The summed E-state index contributed by atoms with van der Waals surface area (Å²) in [6, 6.07) is 17.4. The largest absolute Gasteiger partial charge is 0.493 e. The van der Waals surface area contributed by atoms with Gasteiger partial charge in [0.05, 0.1) is 20.1 Å². The molecule has 0 bridgehead atoms. The molecule has 40 heavy (non-hydrogen) atoms. The van der Waals surface area contributed by atoms with Gasteiger partial charge in [-0.1, -0.05) is 41.4 Å². The number of allylic oxidation sites excluding steroid dienone is 3. The average molecular weight is 561 g/mol. The number of carbonyl (C=O) groups excluding carboxylic acids is 2. The Hall–Kier alpha value is -4.10. The number of dihydropyridines is 1. The van der Waals surface area contributed by atoms with E-state index in [1.165, 1.54) is 12.1 Å². The smallest absolute Gasteiger partial charge is 0.254 e.